The van der Waals surface area contributed by atoms with Crippen molar-refractivity contribution in [3.63, 3.8) is 0 Å². The lowest BCUT2D eigenvalue weighted by atomic mass is 10.0. The number of ether oxygens (including phenoxy) is 3. The molecule has 0 spiro atoms. The Hall–Kier alpha value is -2.57. The number of rotatable bonds is 10. The molecule has 0 bridgehead atoms. The van der Waals surface area contributed by atoms with Gasteiger partial charge in [0.2, 0.25) is 0 Å². The number of nitrogens with one attached hydrogen (secondary N) is 1. The molecule has 0 saturated carbocycles. The number of carbonyl (C=O) groups is 1. The molecule has 1 fully saturated rings. The monoisotopic (exact) mass is 426 g/mol. The first kappa shape index (κ1) is 23.1. The molecule has 168 valence electrons. The molecule has 1 heterocycles. The predicted octanol–water partition coefficient (Wildman–Crippen LogP) is 3.92. The lowest BCUT2D eigenvalue weighted by Crippen LogP contribution is -2.43. The van der Waals surface area contributed by atoms with E-state index in [1.807, 2.05) is 36.4 Å². The quantitative estimate of drug-likeness (QED) is 0.624. The zero-order valence-electron chi connectivity index (χ0n) is 18.8. The van der Waals surface area contributed by atoms with E-state index in [4.69, 9.17) is 14.2 Å². The van der Waals surface area contributed by atoms with E-state index in [0.29, 0.717) is 37.8 Å². The van der Waals surface area contributed by atoms with Crippen molar-refractivity contribution >= 4 is 5.91 Å². The van der Waals surface area contributed by atoms with Crippen LogP contribution >= 0.6 is 0 Å². The van der Waals surface area contributed by atoms with Crippen molar-refractivity contribution in [3.8, 4) is 11.5 Å². The Morgan fingerprint density at radius 3 is 2.29 bits per heavy atom. The number of amides is 1. The SMILES string of the molecule is COc1ccc(C(CNC(=O)c2ccc(OCCC(C)C)cc2)N2CCOCC2)cc1. The van der Waals surface area contributed by atoms with Crippen molar-refractivity contribution in [2.75, 3.05) is 46.6 Å². The molecule has 2 aromatic rings. The number of morpholine rings is 1. The molecule has 0 aliphatic carbocycles. The van der Waals surface area contributed by atoms with Crippen molar-refractivity contribution in [1.29, 1.82) is 0 Å². The molecule has 6 heteroatoms. The third-order valence-electron chi connectivity index (χ3n) is 5.52. The minimum Gasteiger partial charge on any atom is -0.497 e. The third-order valence-corrected chi connectivity index (χ3v) is 5.52. The third kappa shape index (κ3) is 6.97. The largest absolute Gasteiger partial charge is 0.497 e. The normalized spacial score (nSPS) is 15.5. The van der Waals surface area contributed by atoms with Gasteiger partial charge in [0.15, 0.2) is 0 Å². The number of carbonyl (C=O) groups excluding carboxylic acids is 1. The Bertz CT molecular complexity index is 799. The summed E-state index contributed by atoms with van der Waals surface area (Å²) in [6.45, 7) is 8.66. The highest BCUT2D eigenvalue weighted by Gasteiger charge is 2.23. The fourth-order valence-electron chi connectivity index (χ4n) is 3.58. The fraction of sp³-hybridized carbons (Fsp3) is 0.480. The minimum atomic E-state index is -0.0829. The van der Waals surface area contributed by atoms with Gasteiger partial charge in [-0.1, -0.05) is 26.0 Å². The summed E-state index contributed by atoms with van der Waals surface area (Å²) in [7, 11) is 1.66. The average Bonchev–Trinajstić information content (AvgIpc) is 2.80. The summed E-state index contributed by atoms with van der Waals surface area (Å²) < 4.78 is 16.5. The number of hydrogen-bond donors (Lipinski definition) is 1. The maximum Gasteiger partial charge on any atom is 0.251 e. The smallest absolute Gasteiger partial charge is 0.251 e. The second kappa shape index (κ2) is 11.7. The van der Waals surface area contributed by atoms with Gasteiger partial charge in [-0.25, -0.2) is 0 Å². The second-order valence-electron chi connectivity index (χ2n) is 8.20. The first-order valence-corrected chi connectivity index (χ1v) is 11.0. The molecule has 31 heavy (non-hydrogen) atoms. The lowest BCUT2D eigenvalue weighted by Gasteiger charge is -2.35. The Balaban J connectivity index is 1.61. The zero-order chi connectivity index (χ0) is 22.1. The molecule has 1 aliphatic heterocycles. The molecular formula is C25H34N2O4. The van der Waals surface area contributed by atoms with Crippen LogP contribution in [0.5, 0.6) is 11.5 Å². The lowest BCUT2D eigenvalue weighted by molar-refractivity contribution is 0.0162. The van der Waals surface area contributed by atoms with Crippen molar-refractivity contribution < 1.29 is 19.0 Å². The highest BCUT2D eigenvalue weighted by atomic mass is 16.5. The van der Waals surface area contributed by atoms with Crippen LogP contribution in [0.1, 0.15) is 42.2 Å². The van der Waals surface area contributed by atoms with Crippen molar-refractivity contribution in [3.05, 3.63) is 59.7 Å². The highest BCUT2D eigenvalue weighted by Crippen LogP contribution is 2.24. The number of nitrogens with zero attached hydrogens (tertiary/aromatic N) is 1. The van der Waals surface area contributed by atoms with Gasteiger partial charge >= 0.3 is 0 Å². The van der Waals surface area contributed by atoms with E-state index in [1.165, 1.54) is 0 Å². The molecule has 1 atom stereocenters. The van der Waals surface area contributed by atoms with Crippen LogP contribution in [0, 0.1) is 5.92 Å². The maximum absolute atomic E-state index is 12.8. The van der Waals surface area contributed by atoms with Crippen LogP contribution < -0.4 is 14.8 Å². The van der Waals surface area contributed by atoms with E-state index in [0.717, 1.165) is 36.6 Å². The topological polar surface area (TPSA) is 60.0 Å². The number of hydrogen-bond acceptors (Lipinski definition) is 5. The zero-order valence-corrected chi connectivity index (χ0v) is 18.8. The van der Waals surface area contributed by atoms with E-state index in [1.54, 1.807) is 7.11 Å². The van der Waals surface area contributed by atoms with Crippen LogP contribution in [-0.2, 0) is 4.74 Å². The highest BCUT2D eigenvalue weighted by molar-refractivity contribution is 5.94. The van der Waals surface area contributed by atoms with E-state index in [-0.39, 0.29) is 11.9 Å². The van der Waals surface area contributed by atoms with Crippen LogP contribution in [-0.4, -0.2) is 57.4 Å². The maximum atomic E-state index is 12.8. The van der Waals surface area contributed by atoms with Crippen LogP contribution in [0.4, 0.5) is 0 Å². The van der Waals surface area contributed by atoms with Gasteiger partial charge in [-0.2, -0.15) is 0 Å². The molecular weight excluding hydrogens is 392 g/mol. The molecule has 6 nitrogen and oxygen atoms in total. The van der Waals surface area contributed by atoms with Gasteiger partial charge in [0.1, 0.15) is 11.5 Å². The van der Waals surface area contributed by atoms with Gasteiger partial charge in [-0.15, -0.1) is 0 Å². The Morgan fingerprint density at radius 2 is 1.68 bits per heavy atom. The van der Waals surface area contributed by atoms with Crippen molar-refractivity contribution in [2.24, 2.45) is 5.92 Å². The molecule has 0 aromatic heterocycles. The summed E-state index contributed by atoms with van der Waals surface area (Å²) in [5, 5.41) is 3.11. The average molecular weight is 427 g/mol. The summed E-state index contributed by atoms with van der Waals surface area (Å²) >= 11 is 0. The van der Waals surface area contributed by atoms with Crippen molar-refractivity contribution in [2.45, 2.75) is 26.3 Å². The summed E-state index contributed by atoms with van der Waals surface area (Å²) in [6, 6.07) is 15.5. The molecule has 0 radical (unpaired) electrons. The molecule has 1 N–H and O–H groups in total. The summed E-state index contributed by atoms with van der Waals surface area (Å²) in [4.78, 5) is 15.1. The van der Waals surface area contributed by atoms with Crippen LogP contribution in [0.2, 0.25) is 0 Å². The number of methoxy groups -OCH3 is 1. The minimum absolute atomic E-state index is 0.0809. The van der Waals surface area contributed by atoms with E-state index >= 15 is 0 Å². The van der Waals surface area contributed by atoms with Crippen LogP contribution in [0.15, 0.2) is 48.5 Å². The van der Waals surface area contributed by atoms with Gasteiger partial charge < -0.3 is 19.5 Å². The van der Waals surface area contributed by atoms with Crippen LogP contribution in [0.25, 0.3) is 0 Å². The molecule has 3 rings (SSSR count). The van der Waals surface area contributed by atoms with E-state index < -0.39 is 0 Å². The van der Waals surface area contributed by atoms with E-state index in [9.17, 15) is 4.79 Å². The Labute approximate surface area is 185 Å². The summed E-state index contributed by atoms with van der Waals surface area (Å²) in [5.41, 5.74) is 1.78. The first-order valence-electron chi connectivity index (χ1n) is 11.0. The predicted molar refractivity (Wildman–Crippen MR) is 122 cm³/mol. The summed E-state index contributed by atoms with van der Waals surface area (Å²) in [5.74, 6) is 2.14. The summed E-state index contributed by atoms with van der Waals surface area (Å²) in [6.07, 6.45) is 1.01. The first-order chi connectivity index (χ1) is 15.1. The van der Waals surface area contributed by atoms with Gasteiger partial charge in [-0.05, 0) is 54.3 Å². The molecule has 1 aliphatic rings. The molecule has 1 unspecified atom stereocenters. The standard InChI is InChI=1S/C25H34N2O4/c1-19(2)12-15-31-23-10-6-21(7-11-23)25(28)26-18-24(27-13-16-30-17-14-27)20-4-8-22(29-3)9-5-20/h4-11,19,24H,12-18H2,1-3H3,(H,26,28). The van der Waals surface area contributed by atoms with Crippen molar-refractivity contribution in [1.82, 2.24) is 10.2 Å². The fourth-order valence-corrected chi connectivity index (χ4v) is 3.58. The van der Waals surface area contributed by atoms with Gasteiger partial charge in [-0.3, -0.25) is 9.69 Å². The molecule has 1 saturated heterocycles. The van der Waals surface area contributed by atoms with E-state index in [2.05, 4.69) is 36.2 Å². The van der Waals surface area contributed by atoms with Crippen LogP contribution in [0.3, 0.4) is 0 Å². The molecule has 2 aromatic carbocycles. The Kier molecular flexibility index (Phi) is 8.74. The molecule has 1 amide bonds. The second-order valence-corrected chi connectivity index (χ2v) is 8.20. The Morgan fingerprint density at radius 1 is 1.03 bits per heavy atom. The van der Waals surface area contributed by atoms with Gasteiger partial charge in [0.25, 0.3) is 5.91 Å². The van der Waals surface area contributed by atoms with Gasteiger partial charge in [0.05, 0.1) is 33.0 Å². The van der Waals surface area contributed by atoms with Gasteiger partial charge in [0, 0.05) is 25.2 Å². The number of benzene rings is 2.